The Morgan fingerprint density at radius 2 is 2.35 bits per heavy atom. The SMILES string of the molecule is CNCC1CCOC1c1c(Cl)cccc1OC. The molecule has 1 fully saturated rings. The zero-order valence-corrected chi connectivity index (χ0v) is 11.0. The van der Waals surface area contributed by atoms with Gasteiger partial charge in [0.05, 0.1) is 18.2 Å². The van der Waals surface area contributed by atoms with Crippen molar-refractivity contribution in [2.75, 3.05) is 27.3 Å². The van der Waals surface area contributed by atoms with Crippen LogP contribution in [0.3, 0.4) is 0 Å². The monoisotopic (exact) mass is 255 g/mol. The van der Waals surface area contributed by atoms with Gasteiger partial charge >= 0.3 is 0 Å². The van der Waals surface area contributed by atoms with Crippen LogP contribution in [0.5, 0.6) is 5.75 Å². The number of ether oxygens (including phenoxy) is 2. The van der Waals surface area contributed by atoms with Crippen LogP contribution >= 0.6 is 11.6 Å². The summed E-state index contributed by atoms with van der Waals surface area (Å²) in [4.78, 5) is 0. The molecule has 1 saturated heterocycles. The van der Waals surface area contributed by atoms with Gasteiger partial charge in [-0.15, -0.1) is 0 Å². The predicted octanol–water partition coefficient (Wildman–Crippen LogP) is 2.65. The Morgan fingerprint density at radius 3 is 3.06 bits per heavy atom. The van der Waals surface area contributed by atoms with E-state index in [4.69, 9.17) is 21.1 Å². The Kier molecular flexibility index (Phi) is 4.26. The fourth-order valence-corrected chi connectivity index (χ4v) is 2.67. The van der Waals surface area contributed by atoms with Crippen LogP contribution in [0.4, 0.5) is 0 Å². The Labute approximate surface area is 107 Å². The average Bonchev–Trinajstić information content (AvgIpc) is 2.77. The van der Waals surface area contributed by atoms with Crippen LogP contribution < -0.4 is 10.1 Å². The van der Waals surface area contributed by atoms with Gasteiger partial charge in [-0.2, -0.15) is 0 Å². The molecule has 94 valence electrons. The highest BCUT2D eigenvalue weighted by molar-refractivity contribution is 6.31. The molecular formula is C13H18ClNO2. The first-order valence-corrected chi connectivity index (χ1v) is 6.24. The highest BCUT2D eigenvalue weighted by Crippen LogP contribution is 2.42. The summed E-state index contributed by atoms with van der Waals surface area (Å²) in [5, 5.41) is 3.92. The highest BCUT2D eigenvalue weighted by Gasteiger charge is 2.32. The molecule has 1 aliphatic heterocycles. The first kappa shape index (κ1) is 12.7. The van der Waals surface area contributed by atoms with Crippen molar-refractivity contribution in [1.29, 1.82) is 0 Å². The largest absolute Gasteiger partial charge is 0.496 e. The quantitative estimate of drug-likeness (QED) is 0.897. The summed E-state index contributed by atoms with van der Waals surface area (Å²) in [6.07, 6.45) is 1.09. The molecule has 0 amide bonds. The van der Waals surface area contributed by atoms with Crippen LogP contribution in [0.25, 0.3) is 0 Å². The van der Waals surface area contributed by atoms with E-state index in [1.54, 1.807) is 7.11 Å². The Morgan fingerprint density at radius 1 is 1.53 bits per heavy atom. The molecule has 1 heterocycles. The smallest absolute Gasteiger partial charge is 0.126 e. The van der Waals surface area contributed by atoms with Crippen LogP contribution in [0.1, 0.15) is 18.1 Å². The number of hydrogen-bond acceptors (Lipinski definition) is 3. The Bertz CT molecular complexity index is 384. The van der Waals surface area contributed by atoms with Crippen LogP contribution in [0.15, 0.2) is 18.2 Å². The first-order chi connectivity index (χ1) is 8.27. The van der Waals surface area contributed by atoms with E-state index in [1.807, 2.05) is 25.2 Å². The van der Waals surface area contributed by atoms with Crippen molar-refractivity contribution in [3.05, 3.63) is 28.8 Å². The lowest BCUT2D eigenvalue weighted by molar-refractivity contribution is 0.0888. The van der Waals surface area contributed by atoms with E-state index in [1.165, 1.54) is 0 Å². The maximum absolute atomic E-state index is 6.27. The van der Waals surface area contributed by atoms with Crippen molar-refractivity contribution in [2.24, 2.45) is 5.92 Å². The number of rotatable bonds is 4. The standard InChI is InChI=1S/C13H18ClNO2/c1-15-8-9-6-7-17-13(9)12-10(14)4-3-5-11(12)16-2/h3-5,9,13,15H,6-8H2,1-2H3. The minimum absolute atomic E-state index is 0.0334. The van der Waals surface area contributed by atoms with E-state index in [2.05, 4.69) is 5.32 Å². The minimum atomic E-state index is 0.0334. The molecule has 0 saturated carbocycles. The molecule has 4 heteroatoms. The summed E-state index contributed by atoms with van der Waals surface area (Å²) in [7, 11) is 3.62. The van der Waals surface area contributed by atoms with E-state index in [-0.39, 0.29) is 6.10 Å². The molecule has 2 rings (SSSR count). The zero-order chi connectivity index (χ0) is 12.3. The predicted molar refractivity (Wildman–Crippen MR) is 68.7 cm³/mol. The summed E-state index contributed by atoms with van der Waals surface area (Å²) in [5.74, 6) is 1.26. The van der Waals surface area contributed by atoms with Gasteiger partial charge in [0.15, 0.2) is 0 Å². The second-order valence-electron chi connectivity index (χ2n) is 4.25. The van der Waals surface area contributed by atoms with Gasteiger partial charge < -0.3 is 14.8 Å². The third-order valence-electron chi connectivity index (χ3n) is 3.20. The molecule has 17 heavy (non-hydrogen) atoms. The highest BCUT2D eigenvalue weighted by atomic mass is 35.5. The van der Waals surface area contributed by atoms with E-state index in [0.29, 0.717) is 5.92 Å². The second kappa shape index (κ2) is 5.71. The molecule has 0 bridgehead atoms. The molecule has 2 atom stereocenters. The van der Waals surface area contributed by atoms with Crippen LogP contribution in [-0.4, -0.2) is 27.3 Å². The van der Waals surface area contributed by atoms with Gasteiger partial charge in [0.2, 0.25) is 0 Å². The van der Waals surface area contributed by atoms with Gasteiger partial charge in [0.25, 0.3) is 0 Å². The lowest BCUT2D eigenvalue weighted by atomic mass is 9.94. The van der Waals surface area contributed by atoms with Crippen molar-refractivity contribution >= 4 is 11.6 Å². The normalized spacial score (nSPS) is 23.9. The van der Waals surface area contributed by atoms with Gasteiger partial charge in [-0.3, -0.25) is 0 Å². The molecule has 1 aromatic rings. The van der Waals surface area contributed by atoms with Crippen molar-refractivity contribution in [2.45, 2.75) is 12.5 Å². The lowest BCUT2D eigenvalue weighted by Gasteiger charge is -2.21. The van der Waals surface area contributed by atoms with E-state index < -0.39 is 0 Å². The Hall–Kier alpha value is -0.770. The minimum Gasteiger partial charge on any atom is -0.496 e. The van der Waals surface area contributed by atoms with E-state index in [0.717, 1.165) is 35.9 Å². The number of halogens is 1. The number of benzene rings is 1. The molecule has 0 aromatic heterocycles. The average molecular weight is 256 g/mol. The van der Waals surface area contributed by atoms with E-state index >= 15 is 0 Å². The Balaban J connectivity index is 2.32. The topological polar surface area (TPSA) is 30.5 Å². The molecular weight excluding hydrogens is 238 g/mol. The molecule has 2 unspecified atom stereocenters. The summed E-state index contributed by atoms with van der Waals surface area (Å²) >= 11 is 6.27. The van der Waals surface area contributed by atoms with Gasteiger partial charge in [-0.1, -0.05) is 17.7 Å². The van der Waals surface area contributed by atoms with Gasteiger partial charge in [0.1, 0.15) is 5.75 Å². The molecule has 1 aliphatic rings. The number of nitrogens with one attached hydrogen (secondary N) is 1. The zero-order valence-electron chi connectivity index (χ0n) is 10.2. The third kappa shape index (κ3) is 2.57. The van der Waals surface area contributed by atoms with Crippen LogP contribution in [0, 0.1) is 5.92 Å². The van der Waals surface area contributed by atoms with Crippen molar-refractivity contribution in [3.63, 3.8) is 0 Å². The lowest BCUT2D eigenvalue weighted by Crippen LogP contribution is -2.22. The van der Waals surface area contributed by atoms with Crippen molar-refractivity contribution in [3.8, 4) is 5.75 Å². The molecule has 0 aliphatic carbocycles. The molecule has 1 aromatic carbocycles. The summed E-state index contributed by atoms with van der Waals surface area (Å²) in [5.41, 5.74) is 0.981. The van der Waals surface area contributed by atoms with Crippen molar-refractivity contribution < 1.29 is 9.47 Å². The maximum Gasteiger partial charge on any atom is 0.126 e. The third-order valence-corrected chi connectivity index (χ3v) is 3.53. The van der Waals surface area contributed by atoms with Crippen LogP contribution in [0.2, 0.25) is 5.02 Å². The maximum atomic E-state index is 6.27. The second-order valence-corrected chi connectivity index (χ2v) is 4.66. The first-order valence-electron chi connectivity index (χ1n) is 5.86. The van der Waals surface area contributed by atoms with Crippen LogP contribution in [-0.2, 0) is 4.74 Å². The van der Waals surface area contributed by atoms with Gasteiger partial charge in [-0.05, 0) is 25.6 Å². The number of methoxy groups -OCH3 is 1. The van der Waals surface area contributed by atoms with E-state index in [9.17, 15) is 0 Å². The van der Waals surface area contributed by atoms with Gasteiger partial charge in [-0.25, -0.2) is 0 Å². The van der Waals surface area contributed by atoms with Crippen molar-refractivity contribution in [1.82, 2.24) is 5.32 Å². The molecule has 1 N–H and O–H groups in total. The summed E-state index contributed by atoms with van der Waals surface area (Å²) in [6.45, 7) is 1.71. The molecule has 3 nitrogen and oxygen atoms in total. The summed E-state index contributed by atoms with van der Waals surface area (Å²) < 4.78 is 11.2. The molecule has 0 spiro atoms. The number of hydrogen-bond donors (Lipinski definition) is 1. The fraction of sp³-hybridized carbons (Fsp3) is 0.538. The van der Waals surface area contributed by atoms with Gasteiger partial charge in [0, 0.05) is 24.6 Å². The summed E-state index contributed by atoms with van der Waals surface area (Å²) in [6, 6.07) is 5.71. The fourth-order valence-electron chi connectivity index (χ4n) is 2.40. The molecule has 0 radical (unpaired) electrons.